The van der Waals surface area contributed by atoms with Gasteiger partial charge in [0.15, 0.2) is 0 Å². The SMILES string of the molecule is Cc1ccncc1NC(=O)C1CC2CCC1N2. The van der Waals surface area contributed by atoms with Crippen molar-refractivity contribution in [1.29, 1.82) is 0 Å². The maximum absolute atomic E-state index is 12.2. The Labute approximate surface area is 101 Å². The molecule has 1 amide bonds. The Hall–Kier alpha value is -1.42. The van der Waals surface area contributed by atoms with Crippen LogP contribution in [0.2, 0.25) is 0 Å². The quantitative estimate of drug-likeness (QED) is 0.810. The van der Waals surface area contributed by atoms with E-state index in [9.17, 15) is 4.79 Å². The normalized spacial score (nSPS) is 30.5. The van der Waals surface area contributed by atoms with Gasteiger partial charge in [0, 0.05) is 18.3 Å². The van der Waals surface area contributed by atoms with Gasteiger partial charge >= 0.3 is 0 Å². The highest BCUT2D eigenvalue weighted by atomic mass is 16.2. The highest BCUT2D eigenvalue weighted by molar-refractivity contribution is 5.93. The van der Waals surface area contributed by atoms with E-state index >= 15 is 0 Å². The second kappa shape index (κ2) is 4.11. The van der Waals surface area contributed by atoms with Gasteiger partial charge in [0.1, 0.15) is 0 Å². The van der Waals surface area contributed by atoms with E-state index in [1.807, 2.05) is 13.0 Å². The highest BCUT2D eigenvalue weighted by Gasteiger charge is 2.42. The number of aromatic nitrogens is 1. The molecule has 0 aromatic carbocycles. The van der Waals surface area contributed by atoms with E-state index in [4.69, 9.17) is 0 Å². The van der Waals surface area contributed by atoms with Crippen molar-refractivity contribution in [3.8, 4) is 0 Å². The summed E-state index contributed by atoms with van der Waals surface area (Å²) >= 11 is 0. The van der Waals surface area contributed by atoms with Crippen LogP contribution in [0, 0.1) is 12.8 Å². The summed E-state index contributed by atoms with van der Waals surface area (Å²) in [6.07, 6.45) is 6.79. The predicted octanol–water partition coefficient (Wildman–Crippen LogP) is 1.47. The molecule has 1 aromatic heterocycles. The largest absolute Gasteiger partial charge is 0.324 e. The molecule has 0 saturated carbocycles. The van der Waals surface area contributed by atoms with Gasteiger partial charge in [-0.1, -0.05) is 0 Å². The lowest BCUT2D eigenvalue weighted by molar-refractivity contribution is -0.120. The number of carbonyl (C=O) groups excluding carboxylic acids is 1. The van der Waals surface area contributed by atoms with Crippen LogP contribution in [-0.2, 0) is 4.79 Å². The molecule has 2 N–H and O–H groups in total. The average Bonchev–Trinajstić information content (AvgIpc) is 2.94. The summed E-state index contributed by atoms with van der Waals surface area (Å²) in [7, 11) is 0. The molecule has 3 rings (SSSR count). The molecule has 2 bridgehead atoms. The fourth-order valence-electron chi connectivity index (χ4n) is 2.93. The van der Waals surface area contributed by atoms with E-state index in [-0.39, 0.29) is 11.8 Å². The van der Waals surface area contributed by atoms with Crippen molar-refractivity contribution in [3.05, 3.63) is 24.0 Å². The molecular weight excluding hydrogens is 214 g/mol. The van der Waals surface area contributed by atoms with Gasteiger partial charge in [0.2, 0.25) is 5.91 Å². The average molecular weight is 231 g/mol. The van der Waals surface area contributed by atoms with Crippen molar-refractivity contribution in [2.24, 2.45) is 5.92 Å². The zero-order valence-electron chi connectivity index (χ0n) is 9.94. The van der Waals surface area contributed by atoms with Gasteiger partial charge in [-0.2, -0.15) is 0 Å². The number of fused-ring (bicyclic) bond motifs is 2. The van der Waals surface area contributed by atoms with Crippen LogP contribution >= 0.6 is 0 Å². The molecule has 90 valence electrons. The summed E-state index contributed by atoms with van der Waals surface area (Å²) in [5.74, 6) is 0.272. The maximum atomic E-state index is 12.2. The topological polar surface area (TPSA) is 54.0 Å². The number of nitrogens with one attached hydrogen (secondary N) is 2. The number of rotatable bonds is 2. The molecule has 2 aliphatic rings. The number of amides is 1. The Balaban J connectivity index is 1.70. The van der Waals surface area contributed by atoms with Crippen LogP contribution < -0.4 is 10.6 Å². The molecule has 1 aromatic rings. The summed E-state index contributed by atoms with van der Waals surface area (Å²) in [4.78, 5) is 16.2. The molecule has 3 unspecified atom stereocenters. The molecule has 2 saturated heterocycles. The Morgan fingerprint density at radius 3 is 3.06 bits per heavy atom. The van der Waals surface area contributed by atoms with Gasteiger partial charge < -0.3 is 10.6 Å². The Bertz CT molecular complexity index is 446. The van der Waals surface area contributed by atoms with Crippen molar-refractivity contribution in [1.82, 2.24) is 10.3 Å². The smallest absolute Gasteiger partial charge is 0.229 e. The third-order valence-corrected chi connectivity index (χ3v) is 3.93. The van der Waals surface area contributed by atoms with Gasteiger partial charge in [0.05, 0.1) is 17.8 Å². The third-order valence-electron chi connectivity index (χ3n) is 3.93. The fraction of sp³-hybridized carbons (Fsp3) is 0.538. The second-order valence-electron chi connectivity index (χ2n) is 5.07. The number of hydrogen-bond acceptors (Lipinski definition) is 3. The molecule has 4 nitrogen and oxygen atoms in total. The molecule has 3 atom stereocenters. The number of hydrogen-bond donors (Lipinski definition) is 2. The van der Waals surface area contributed by atoms with Crippen LogP contribution in [0.15, 0.2) is 18.5 Å². The highest BCUT2D eigenvalue weighted by Crippen LogP contribution is 2.33. The molecule has 2 fully saturated rings. The van der Waals surface area contributed by atoms with Gasteiger partial charge in [0.25, 0.3) is 0 Å². The first-order valence-electron chi connectivity index (χ1n) is 6.21. The molecule has 3 heterocycles. The van der Waals surface area contributed by atoms with Crippen molar-refractivity contribution in [3.63, 3.8) is 0 Å². The van der Waals surface area contributed by atoms with Crippen LogP contribution in [-0.4, -0.2) is 23.0 Å². The van der Waals surface area contributed by atoms with E-state index in [0.29, 0.717) is 12.1 Å². The monoisotopic (exact) mass is 231 g/mol. The number of aryl methyl sites for hydroxylation is 1. The van der Waals surface area contributed by atoms with Gasteiger partial charge in [-0.05, 0) is 37.8 Å². The Morgan fingerprint density at radius 1 is 1.53 bits per heavy atom. The first-order valence-corrected chi connectivity index (χ1v) is 6.21. The molecule has 0 radical (unpaired) electrons. The minimum atomic E-state index is 0.133. The van der Waals surface area contributed by atoms with Crippen LogP contribution in [0.4, 0.5) is 5.69 Å². The van der Waals surface area contributed by atoms with Crippen molar-refractivity contribution in [2.75, 3.05) is 5.32 Å². The van der Waals surface area contributed by atoms with E-state index in [2.05, 4.69) is 15.6 Å². The third kappa shape index (κ3) is 1.93. The van der Waals surface area contributed by atoms with Crippen LogP contribution in [0.1, 0.15) is 24.8 Å². The van der Waals surface area contributed by atoms with E-state index in [1.165, 1.54) is 6.42 Å². The lowest BCUT2D eigenvalue weighted by Gasteiger charge is -2.19. The lowest BCUT2D eigenvalue weighted by Crippen LogP contribution is -2.33. The first-order chi connectivity index (χ1) is 8.24. The van der Waals surface area contributed by atoms with Gasteiger partial charge in [-0.25, -0.2) is 0 Å². The van der Waals surface area contributed by atoms with Crippen LogP contribution in [0.5, 0.6) is 0 Å². The number of carbonyl (C=O) groups is 1. The number of nitrogens with zero attached hydrogens (tertiary/aromatic N) is 1. The molecular formula is C13H17N3O. The number of anilines is 1. The fourth-order valence-corrected chi connectivity index (χ4v) is 2.93. The van der Waals surface area contributed by atoms with E-state index in [1.54, 1.807) is 12.4 Å². The summed E-state index contributed by atoms with van der Waals surface area (Å²) in [5, 5.41) is 6.48. The summed E-state index contributed by atoms with van der Waals surface area (Å²) in [5.41, 5.74) is 1.89. The first kappa shape index (κ1) is 10.7. The number of pyridine rings is 1. The van der Waals surface area contributed by atoms with E-state index in [0.717, 1.165) is 24.1 Å². The standard InChI is InChI=1S/C13H17N3O/c1-8-4-5-14-7-12(8)16-13(17)10-6-9-2-3-11(10)15-9/h4-5,7,9-11,15H,2-3,6H2,1H3,(H,16,17). The molecule has 0 spiro atoms. The van der Waals surface area contributed by atoms with Gasteiger partial charge in [-0.15, -0.1) is 0 Å². The van der Waals surface area contributed by atoms with Crippen LogP contribution in [0.3, 0.4) is 0 Å². The van der Waals surface area contributed by atoms with Gasteiger partial charge in [-0.3, -0.25) is 9.78 Å². The summed E-state index contributed by atoms with van der Waals surface area (Å²) < 4.78 is 0. The summed E-state index contributed by atoms with van der Waals surface area (Å²) in [6.45, 7) is 1.98. The minimum Gasteiger partial charge on any atom is -0.324 e. The summed E-state index contributed by atoms with van der Waals surface area (Å²) in [6, 6.07) is 2.86. The zero-order chi connectivity index (χ0) is 11.8. The minimum absolute atomic E-state index is 0.133. The second-order valence-corrected chi connectivity index (χ2v) is 5.07. The van der Waals surface area contributed by atoms with Crippen molar-refractivity contribution in [2.45, 2.75) is 38.3 Å². The Kier molecular flexibility index (Phi) is 2.59. The maximum Gasteiger partial charge on any atom is 0.229 e. The van der Waals surface area contributed by atoms with Crippen molar-refractivity contribution >= 4 is 11.6 Å². The van der Waals surface area contributed by atoms with E-state index < -0.39 is 0 Å². The molecule has 17 heavy (non-hydrogen) atoms. The lowest BCUT2D eigenvalue weighted by atomic mass is 9.88. The molecule has 4 heteroatoms. The predicted molar refractivity (Wildman–Crippen MR) is 65.7 cm³/mol. The van der Waals surface area contributed by atoms with Crippen molar-refractivity contribution < 1.29 is 4.79 Å². The zero-order valence-corrected chi connectivity index (χ0v) is 9.94. The van der Waals surface area contributed by atoms with Crippen LogP contribution in [0.25, 0.3) is 0 Å². The molecule has 2 aliphatic heterocycles. The Morgan fingerprint density at radius 2 is 2.41 bits per heavy atom. The molecule has 0 aliphatic carbocycles.